The fourth-order valence-electron chi connectivity index (χ4n) is 3.68. The molecule has 2 aliphatic rings. The summed E-state index contributed by atoms with van der Waals surface area (Å²) >= 11 is 0. The van der Waals surface area contributed by atoms with Crippen LogP contribution in [0.1, 0.15) is 32.6 Å². The summed E-state index contributed by atoms with van der Waals surface area (Å²) in [5.41, 5.74) is 5.90. The molecular weight excluding hydrogens is 228 g/mol. The molecule has 4 atom stereocenters. The van der Waals surface area contributed by atoms with E-state index in [4.69, 9.17) is 10.5 Å². The molecule has 1 aliphatic heterocycles. The van der Waals surface area contributed by atoms with Crippen LogP contribution in [0.5, 0.6) is 0 Å². The molecule has 2 rings (SSSR count). The molecule has 104 valence electrons. The molecule has 18 heavy (non-hydrogen) atoms. The van der Waals surface area contributed by atoms with E-state index in [2.05, 4.69) is 11.8 Å². The van der Waals surface area contributed by atoms with Crippen molar-refractivity contribution in [2.75, 3.05) is 26.7 Å². The van der Waals surface area contributed by atoms with Gasteiger partial charge >= 0.3 is 5.97 Å². The molecule has 0 amide bonds. The van der Waals surface area contributed by atoms with E-state index in [-0.39, 0.29) is 11.9 Å². The molecule has 0 aromatic carbocycles. The van der Waals surface area contributed by atoms with Crippen molar-refractivity contribution in [3.05, 3.63) is 0 Å². The summed E-state index contributed by atoms with van der Waals surface area (Å²) in [6.07, 6.45) is 5.09. The minimum Gasteiger partial charge on any atom is -0.469 e. The van der Waals surface area contributed by atoms with Crippen molar-refractivity contribution in [1.82, 2.24) is 4.90 Å². The van der Waals surface area contributed by atoms with E-state index in [1.165, 1.54) is 32.8 Å². The van der Waals surface area contributed by atoms with Gasteiger partial charge in [-0.05, 0) is 31.2 Å². The number of nitrogens with zero attached hydrogens (tertiary/aromatic N) is 1. The number of nitrogens with two attached hydrogens (primary N) is 1. The van der Waals surface area contributed by atoms with E-state index in [9.17, 15) is 4.79 Å². The molecule has 4 heteroatoms. The molecule has 0 spiro atoms. The van der Waals surface area contributed by atoms with Crippen LogP contribution >= 0.6 is 0 Å². The largest absolute Gasteiger partial charge is 0.469 e. The van der Waals surface area contributed by atoms with Crippen LogP contribution in [0.4, 0.5) is 0 Å². The van der Waals surface area contributed by atoms with Crippen LogP contribution in [-0.2, 0) is 9.53 Å². The van der Waals surface area contributed by atoms with Crippen molar-refractivity contribution in [2.45, 2.75) is 38.6 Å². The summed E-state index contributed by atoms with van der Waals surface area (Å²) in [6.45, 7) is 4.80. The Bertz CT molecular complexity index is 296. The molecule has 4 nitrogen and oxygen atoms in total. The smallest absolute Gasteiger partial charge is 0.310 e. The molecule has 2 fully saturated rings. The minimum absolute atomic E-state index is 0.0508. The predicted molar refractivity (Wildman–Crippen MR) is 71.0 cm³/mol. The maximum absolute atomic E-state index is 11.7. The third-order valence-corrected chi connectivity index (χ3v) is 4.79. The third-order valence-electron chi connectivity index (χ3n) is 4.79. The number of carbonyl (C=O) groups is 1. The molecule has 1 saturated carbocycles. The van der Waals surface area contributed by atoms with Crippen LogP contribution in [0.3, 0.4) is 0 Å². The van der Waals surface area contributed by atoms with Gasteiger partial charge in [0.1, 0.15) is 0 Å². The topological polar surface area (TPSA) is 55.6 Å². The predicted octanol–water partition coefficient (Wildman–Crippen LogP) is 1.24. The fraction of sp³-hybridized carbons (Fsp3) is 0.929. The second-order valence-corrected chi connectivity index (χ2v) is 5.91. The fourth-order valence-corrected chi connectivity index (χ4v) is 3.68. The summed E-state index contributed by atoms with van der Waals surface area (Å²) in [7, 11) is 1.49. The molecule has 0 radical (unpaired) electrons. The second-order valence-electron chi connectivity index (χ2n) is 5.91. The molecule has 4 unspecified atom stereocenters. The molecule has 1 aliphatic carbocycles. The third kappa shape index (κ3) is 2.69. The number of esters is 1. The summed E-state index contributed by atoms with van der Waals surface area (Å²) in [6, 6.07) is 0.584. The van der Waals surface area contributed by atoms with Crippen molar-refractivity contribution in [2.24, 2.45) is 23.5 Å². The van der Waals surface area contributed by atoms with Gasteiger partial charge in [-0.1, -0.05) is 19.8 Å². The van der Waals surface area contributed by atoms with Gasteiger partial charge in [0.2, 0.25) is 0 Å². The maximum Gasteiger partial charge on any atom is 0.310 e. The normalized spacial score (nSPS) is 37.7. The number of likely N-dealkylation sites (tertiary alicyclic amines) is 1. The zero-order chi connectivity index (χ0) is 13.1. The lowest BCUT2D eigenvalue weighted by Gasteiger charge is -2.37. The molecule has 0 bridgehead atoms. The zero-order valence-corrected chi connectivity index (χ0v) is 11.6. The number of carbonyl (C=O) groups excluding carboxylic acids is 1. The first-order chi connectivity index (χ1) is 8.67. The highest BCUT2D eigenvalue weighted by atomic mass is 16.5. The quantitative estimate of drug-likeness (QED) is 0.770. The van der Waals surface area contributed by atoms with Crippen LogP contribution < -0.4 is 5.73 Å². The van der Waals surface area contributed by atoms with E-state index in [1.807, 2.05) is 0 Å². The Morgan fingerprint density at radius 2 is 2.06 bits per heavy atom. The Hall–Kier alpha value is -0.610. The van der Waals surface area contributed by atoms with E-state index in [0.29, 0.717) is 17.9 Å². The van der Waals surface area contributed by atoms with E-state index in [1.54, 1.807) is 0 Å². The van der Waals surface area contributed by atoms with Crippen molar-refractivity contribution >= 4 is 5.97 Å². The average molecular weight is 254 g/mol. The number of rotatable bonds is 3. The lowest BCUT2D eigenvalue weighted by molar-refractivity contribution is -0.146. The Balaban J connectivity index is 1.99. The molecule has 1 saturated heterocycles. The summed E-state index contributed by atoms with van der Waals surface area (Å²) in [5, 5.41) is 0. The highest BCUT2D eigenvalue weighted by molar-refractivity contribution is 5.73. The Labute approximate surface area is 110 Å². The zero-order valence-electron chi connectivity index (χ0n) is 11.6. The first-order valence-electron chi connectivity index (χ1n) is 7.19. The number of hydrogen-bond acceptors (Lipinski definition) is 4. The molecule has 0 aromatic rings. The van der Waals surface area contributed by atoms with E-state index in [0.717, 1.165) is 19.6 Å². The Morgan fingerprint density at radius 1 is 1.33 bits per heavy atom. The van der Waals surface area contributed by atoms with Gasteiger partial charge in [-0.15, -0.1) is 0 Å². The van der Waals surface area contributed by atoms with Gasteiger partial charge in [-0.2, -0.15) is 0 Å². The van der Waals surface area contributed by atoms with Gasteiger partial charge in [-0.25, -0.2) is 0 Å². The first-order valence-corrected chi connectivity index (χ1v) is 7.19. The molecule has 1 heterocycles. The molecular formula is C14H26N2O2. The van der Waals surface area contributed by atoms with Crippen LogP contribution in [0.25, 0.3) is 0 Å². The molecule has 2 N–H and O–H groups in total. The first kappa shape index (κ1) is 13.8. The lowest BCUT2D eigenvalue weighted by Crippen LogP contribution is -2.44. The molecule has 0 aromatic heterocycles. The van der Waals surface area contributed by atoms with Gasteiger partial charge in [0, 0.05) is 19.1 Å². The summed E-state index contributed by atoms with van der Waals surface area (Å²) < 4.78 is 4.90. The van der Waals surface area contributed by atoms with Crippen LogP contribution in [-0.4, -0.2) is 43.7 Å². The Morgan fingerprint density at radius 3 is 2.72 bits per heavy atom. The monoisotopic (exact) mass is 254 g/mol. The van der Waals surface area contributed by atoms with Crippen molar-refractivity contribution < 1.29 is 9.53 Å². The summed E-state index contributed by atoms with van der Waals surface area (Å²) in [5.74, 6) is 1.01. The van der Waals surface area contributed by atoms with Gasteiger partial charge in [0.05, 0.1) is 13.0 Å². The number of methoxy groups -OCH3 is 1. The van der Waals surface area contributed by atoms with Gasteiger partial charge in [-0.3, -0.25) is 9.69 Å². The number of hydrogen-bond donors (Lipinski definition) is 1. The lowest BCUT2D eigenvalue weighted by atomic mass is 9.83. The maximum atomic E-state index is 11.7. The van der Waals surface area contributed by atoms with Gasteiger partial charge in [0.25, 0.3) is 0 Å². The van der Waals surface area contributed by atoms with E-state index < -0.39 is 0 Å². The van der Waals surface area contributed by atoms with Crippen molar-refractivity contribution in [3.8, 4) is 0 Å². The van der Waals surface area contributed by atoms with Gasteiger partial charge < -0.3 is 10.5 Å². The van der Waals surface area contributed by atoms with Crippen LogP contribution in [0.15, 0.2) is 0 Å². The summed E-state index contributed by atoms with van der Waals surface area (Å²) in [4.78, 5) is 14.2. The standard InChI is InChI=1S/C14H26N2O2/c1-10-8-16(9-12(10)14(17)18-2)13-6-4-3-5-11(13)7-15/h10-13H,3-9,15H2,1-2H3. The van der Waals surface area contributed by atoms with Crippen LogP contribution in [0.2, 0.25) is 0 Å². The van der Waals surface area contributed by atoms with Gasteiger partial charge in [0.15, 0.2) is 0 Å². The van der Waals surface area contributed by atoms with Crippen molar-refractivity contribution in [1.29, 1.82) is 0 Å². The van der Waals surface area contributed by atoms with Crippen LogP contribution in [0, 0.1) is 17.8 Å². The minimum atomic E-state index is -0.0508. The second kappa shape index (κ2) is 6.02. The Kier molecular flexibility index (Phi) is 4.62. The highest BCUT2D eigenvalue weighted by Crippen LogP contribution is 2.33. The SMILES string of the molecule is COC(=O)C1CN(C2CCCCC2CN)CC1C. The average Bonchev–Trinajstić information content (AvgIpc) is 2.79. The highest BCUT2D eigenvalue weighted by Gasteiger charge is 2.40. The van der Waals surface area contributed by atoms with E-state index >= 15 is 0 Å². The number of ether oxygens (including phenoxy) is 1. The van der Waals surface area contributed by atoms with Crippen molar-refractivity contribution in [3.63, 3.8) is 0 Å².